The maximum absolute atomic E-state index is 5.33. The van der Waals surface area contributed by atoms with E-state index in [4.69, 9.17) is 19.9 Å². The topological polar surface area (TPSA) is 65.8 Å². The molecule has 0 saturated heterocycles. The van der Waals surface area contributed by atoms with E-state index in [0.29, 0.717) is 23.4 Å². The quantitative estimate of drug-likeness (QED) is 0.176. The number of hydrogen-bond acceptors (Lipinski definition) is 4. The zero-order valence-corrected chi connectivity index (χ0v) is 26.5. The minimum atomic E-state index is 0.437. The highest BCUT2D eigenvalue weighted by atomic mass is 15.3. The Balaban J connectivity index is 1.32. The predicted octanol–water partition coefficient (Wildman–Crippen LogP) is 9.69. The number of benzene rings is 5. The minimum absolute atomic E-state index is 0.437. The van der Waals surface area contributed by atoms with Gasteiger partial charge in [-0.3, -0.25) is 8.97 Å². The maximum atomic E-state index is 5.33. The molecule has 0 unspecified atom stereocenters. The first-order valence-electron chi connectivity index (χ1n) is 16.1. The second-order valence-electron chi connectivity index (χ2n) is 11.7. The average molecular weight is 632 g/mol. The van der Waals surface area contributed by atoms with E-state index in [2.05, 4.69) is 94.9 Å². The van der Waals surface area contributed by atoms with Crippen molar-refractivity contribution in [1.82, 2.24) is 33.5 Å². The summed E-state index contributed by atoms with van der Waals surface area (Å²) in [6.07, 6.45) is 3.66. The van der Waals surface area contributed by atoms with Crippen LogP contribution in [0.2, 0.25) is 0 Å². The largest absolute Gasteiger partial charge is 0.292 e. The van der Waals surface area contributed by atoms with Crippen molar-refractivity contribution < 1.29 is 0 Å². The summed E-state index contributed by atoms with van der Waals surface area (Å²) in [5.74, 6) is 2.21. The van der Waals surface area contributed by atoms with Gasteiger partial charge in [-0.2, -0.15) is 15.0 Å². The molecule has 7 heteroatoms. The molecule has 0 aliphatic carbocycles. The van der Waals surface area contributed by atoms with E-state index in [9.17, 15) is 0 Å². The van der Waals surface area contributed by atoms with Gasteiger partial charge in [-0.25, -0.2) is 9.55 Å². The lowest BCUT2D eigenvalue weighted by molar-refractivity contribution is 0.912. The van der Waals surface area contributed by atoms with E-state index >= 15 is 0 Å². The first-order valence-corrected chi connectivity index (χ1v) is 16.1. The summed E-state index contributed by atoms with van der Waals surface area (Å²) in [7, 11) is 0. The molecular formula is C42H29N7. The van der Waals surface area contributed by atoms with Crippen LogP contribution in [-0.4, -0.2) is 33.5 Å². The van der Waals surface area contributed by atoms with Crippen LogP contribution in [0.1, 0.15) is 11.4 Å². The Hall–Kier alpha value is -6.86. The third kappa shape index (κ3) is 4.52. The molecule has 0 amide bonds. The standard InChI is InChI=1S/C42H29N7/c1-3-34-35(4-2)49(42-46-40-37(48(34)42)33-22-14-15-23-36(33)47(40)32-20-12-7-13-21-32)41-44-38(30-18-10-6-11-19-30)43-39(45-41)31-26-24-29(25-27-31)28-16-8-5-9-17-28/h3-27H,1-2H2. The fourth-order valence-electron chi connectivity index (χ4n) is 6.67. The van der Waals surface area contributed by atoms with Crippen LogP contribution in [0.5, 0.6) is 0 Å². The van der Waals surface area contributed by atoms with Crippen LogP contribution in [0.4, 0.5) is 0 Å². The first-order chi connectivity index (χ1) is 24.2. The van der Waals surface area contributed by atoms with Gasteiger partial charge in [0.25, 0.3) is 0 Å². The molecule has 4 aromatic heterocycles. The summed E-state index contributed by atoms with van der Waals surface area (Å²) in [5, 5.41) is 1.07. The van der Waals surface area contributed by atoms with Crippen molar-refractivity contribution in [1.29, 1.82) is 0 Å². The molecule has 0 atom stereocenters. The predicted molar refractivity (Wildman–Crippen MR) is 199 cm³/mol. The van der Waals surface area contributed by atoms with Gasteiger partial charge in [-0.15, -0.1) is 0 Å². The van der Waals surface area contributed by atoms with Gasteiger partial charge in [0.05, 0.1) is 16.9 Å². The molecule has 7 nitrogen and oxygen atoms in total. The van der Waals surface area contributed by atoms with Gasteiger partial charge in [-0.1, -0.05) is 134 Å². The number of hydrogen-bond donors (Lipinski definition) is 0. The van der Waals surface area contributed by atoms with Crippen LogP contribution in [-0.2, 0) is 0 Å². The highest BCUT2D eigenvalue weighted by Gasteiger charge is 2.26. The molecule has 0 aliphatic heterocycles. The van der Waals surface area contributed by atoms with Gasteiger partial charge in [0.1, 0.15) is 5.52 Å². The van der Waals surface area contributed by atoms with Crippen molar-refractivity contribution in [2.75, 3.05) is 0 Å². The zero-order chi connectivity index (χ0) is 32.9. The SMILES string of the molecule is C=Cc1c(C=C)n2c3c4ccccc4n(-c4ccccc4)c3nc2n1-c1nc(-c2ccccc2)nc(-c2ccc(-c3ccccc3)cc2)n1. The Morgan fingerprint density at radius 3 is 1.65 bits per heavy atom. The fraction of sp³-hybridized carbons (Fsp3) is 0. The van der Waals surface area contributed by atoms with Crippen LogP contribution in [0.3, 0.4) is 0 Å². The zero-order valence-electron chi connectivity index (χ0n) is 26.5. The number of imidazole rings is 2. The Morgan fingerprint density at radius 2 is 1.00 bits per heavy atom. The summed E-state index contributed by atoms with van der Waals surface area (Å²) in [6.45, 7) is 8.43. The van der Waals surface area contributed by atoms with Crippen molar-refractivity contribution in [2.45, 2.75) is 0 Å². The van der Waals surface area contributed by atoms with Crippen LogP contribution < -0.4 is 0 Å². The highest BCUT2D eigenvalue weighted by Crippen LogP contribution is 2.36. The fourth-order valence-corrected chi connectivity index (χ4v) is 6.67. The molecule has 0 bridgehead atoms. The monoisotopic (exact) mass is 631 g/mol. The molecule has 0 radical (unpaired) electrons. The van der Waals surface area contributed by atoms with Crippen LogP contribution in [0, 0.1) is 0 Å². The molecular weight excluding hydrogens is 603 g/mol. The molecule has 9 rings (SSSR count). The molecule has 4 heterocycles. The molecule has 0 N–H and O–H groups in total. The third-order valence-corrected chi connectivity index (χ3v) is 8.90. The highest BCUT2D eigenvalue weighted by molar-refractivity contribution is 6.08. The summed E-state index contributed by atoms with van der Waals surface area (Å²) < 4.78 is 6.30. The van der Waals surface area contributed by atoms with Crippen LogP contribution in [0.15, 0.2) is 153 Å². The van der Waals surface area contributed by atoms with Crippen LogP contribution >= 0.6 is 0 Å². The van der Waals surface area contributed by atoms with E-state index in [-0.39, 0.29) is 0 Å². The Labute approximate surface area is 282 Å². The molecule has 0 spiro atoms. The molecule has 0 fully saturated rings. The average Bonchev–Trinajstić information content (AvgIpc) is 3.80. The second-order valence-corrected chi connectivity index (χ2v) is 11.7. The minimum Gasteiger partial charge on any atom is -0.292 e. The maximum Gasteiger partial charge on any atom is 0.241 e. The molecule has 5 aromatic carbocycles. The summed E-state index contributed by atoms with van der Waals surface area (Å²) in [6, 6.07) is 47.3. The van der Waals surface area contributed by atoms with E-state index in [0.717, 1.165) is 61.4 Å². The van der Waals surface area contributed by atoms with E-state index < -0.39 is 0 Å². The number of rotatable bonds is 7. The van der Waals surface area contributed by atoms with E-state index in [1.54, 1.807) is 0 Å². The lowest BCUT2D eigenvalue weighted by atomic mass is 10.0. The molecule has 0 saturated carbocycles. The van der Waals surface area contributed by atoms with Gasteiger partial charge in [0.15, 0.2) is 17.3 Å². The molecule has 49 heavy (non-hydrogen) atoms. The third-order valence-electron chi connectivity index (χ3n) is 8.90. The Morgan fingerprint density at radius 1 is 0.469 bits per heavy atom. The van der Waals surface area contributed by atoms with Gasteiger partial charge in [0, 0.05) is 22.2 Å². The van der Waals surface area contributed by atoms with Crippen molar-refractivity contribution in [3.05, 3.63) is 164 Å². The van der Waals surface area contributed by atoms with Crippen molar-refractivity contribution in [2.24, 2.45) is 0 Å². The summed E-state index contributed by atoms with van der Waals surface area (Å²) in [5.41, 5.74) is 9.55. The van der Waals surface area contributed by atoms with E-state index in [1.807, 2.05) is 83.4 Å². The normalized spacial score (nSPS) is 11.4. The van der Waals surface area contributed by atoms with E-state index in [1.165, 1.54) is 0 Å². The van der Waals surface area contributed by atoms with Gasteiger partial charge >= 0.3 is 0 Å². The van der Waals surface area contributed by atoms with Gasteiger partial charge < -0.3 is 0 Å². The lowest BCUT2D eigenvalue weighted by Gasteiger charge is -2.11. The van der Waals surface area contributed by atoms with Crippen LogP contribution in [0.25, 0.3) is 85.5 Å². The van der Waals surface area contributed by atoms with Crippen molar-refractivity contribution in [3.8, 4) is 45.5 Å². The Bertz CT molecular complexity index is 2660. The summed E-state index contributed by atoms with van der Waals surface area (Å²) >= 11 is 0. The number of fused-ring (bicyclic) bond motifs is 5. The lowest BCUT2D eigenvalue weighted by Crippen LogP contribution is -2.08. The van der Waals surface area contributed by atoms with Crippen molar-refractivity contribution in [3.63, 3.8) is 0 Å². The van der Waals surface area contributed by atoms with Gasteiger partial charge in [0.2, 0.25) is 11.7 Å². The Kier molecular flexibility index (Phi) is 6.62. The molecule has 9 aromatic rings. The summed E-state index contributed by atoms with van der Waals surface area (Å²) in [4.78, 5) is 20.5. The number of para-hydroxylation sites is 2. The smallest absolute Gasteiger partial charge is 0.241 e. The van der Waals surface area contributed by atoms with Gasteiger partial charge in [-0.05, 0) is 41.5 Å². The van der Waals surface area contributed by atoms with Crippen molar-refractivity contribution >= 4 is 40.0 Å². The molecule has 0 aliphatic rings. The first kappa shape index (κ1) is 28.4. The second kappa shape index (κ2) is 11.4. The molecule has 232 valence electrons. The number of nitrogens with zero attached hydrogens (tertiary/aromatic N) is 7. The number of aromatic nitrogens is 7.